The largest absolute Gasteiger partial charge is 0.452 e. The fourth-order valence-electron chi connectivity index (χ4n) is 3.31. The monoisotopic (exact) mass is 410 g/mol. The van der Waals surface area contributed by atoms with E-state index in [9.17, 15) is 9.59 Å². The maximum Gasteiger partial charge on any atom is 0.338 e. The second kappa shape index (κ2) is 10.9. The quantitative estimate of drug-likeness (QED) is 0.670. The van der Waals surface area contributed by atoms with E-state index in [1.54, 1.807) is 12.1 Å². The van der Waals surface area contributed by atoms with E-state index in [-0.39, 0.29) is 12.5 Å². The van der Waals surface area contributed by atoms with Gasteiger partial charge in [0.1, 0.15) is 0 Å². The van der Waals surface area contributed by atoms with Gasteiger partial charge >= 0.3 is 5.97 Å². The van der Waals surface area contributed by atoms with Crippen molar-refractivity contribution in [3.8, 4) is 0 Å². The number of hydrogen-bond acceptors (Lipinski definition) is 5. The Morgan fingerprint density at radius 3 is 2.37 bits per heavy atom. The lowest BCUT2D eigenvalue weighted by atomic mass is 9.99. The maximum atomic E-state index is 12.2. The van der Waals surface area contributed by atoms with E-state index >= 15 is 0 Å². The molecule has 2 aromatic carbocycles. The van der Waals surface area contributed by atoms with Gasteiger partial charge in [-0.15, -0.1) is 0 Å². The number of anilines is 1. The number of nitrogens with one attached hydrogen (secondary N) is 1. The van der Waals surface area contributed by atoms with E-state index in [4.69, 9.17) is 9.47 Å². The first kappa shape index (κ1) is 22.0. The predicted molar refractivity (Wildman–Crippen MR) is 117 cm³/mol. The van der Waals surface area contributed by atoms with Gasteiger partial charge in [0.05, 0.1) is 18.8 Å². The third-order valence-corrected chi connectivity index (χ3v) is 5.41. The number of benzene rings is 2. The first-order valence-corrected chi connectivity index (χ1v) is 10.5. The number of carbonyl (C=O) groups excluding carboxylic acids is 2. The predicted octanol–water partition coefficient (Wildman–Crippen LogP) is 3.83. The number of hydrogen-bond donors (Lipinski definition) is 1. The van der Waals surface area contributed by atoms with Gasteiger partial charge in [-0.1, -0.05) is 38.1 Å². The molecule has 1 amide bonds. The molecule has 0 spiro atoms. The summed E-state index contributed by atoms with van der Waals surface area (Å²) in [5, 5.41) is 2.76. The van der Waals surface area contributed by atoms with Crippen LogP contribution in [0, 0.1) is 0 Å². The molecule has 3 rings (SSSR count). The van der Waals surface area contributed by atoms with Gasteiger partial charge in [0.15, 0.2) is 6.61 Å². The number of nitrogens with zero attached hydrogens (tertiary/aromatic N) is 1. The second-order valence-electron chi connectivity index (χ2n) is 7.64. The minimum absolute atomic E-state index is 0.318. The summed E-state index contributed by atoms with van der Waals surface area (Å²) < 4.78 is 10.5. The van der Waals surface area contributed by atoms with Crippen molar-refractivity contribution in [1.29, 1.82) is 0 Å². The molecule has 0 bridgehead atoms. The van der Waals surface area contributed by atoms with Crippen LogP contribution in [0.4, 0.5) is 5.69 Å². The van der Waals surface area contributed by atoms with Crippen molar-refractivity contribution in [3.05, 3.63) is 65.2 Å². The van der Waals surface area contributed by atoms with Crippen LogP contribution in [0.15, 0.2) is 48.5 Å². The van der Waals surface area contributed by atoms with Crippen LogP contribution in [0.3, 0.4) is 0 Å². The molecule has 6 nitrogen and oxygen atoms in total. The van der Waals surface area contributed by atoms with Gasteiger partial charge in [-0.2, -0.15) is 0 Å². The van der Waals surface area contributed by atoms with Crippen molar-refractivity contribution in [1.82, 2.24) is 4.90 Å². The Morgan fingerprint density at radius 2 is 1.73 bits per heavy atom. The zero-order valence-electron chi connectivity index (χ0n) is 17.7. The summed E-state index contributed by atoms with van der Waals surface area (Å²) in [6.07, 6.45) is 1.07. The van der Waals surface area contributed by atoms with Gasteiger partial charge in [-0.3, -0.25) is 9.69 Å². The van der Waals surface area contributed by atoms with Crippen molar-refractivity contribution in [3.63, 3.8) is 0 Å². The lowest BCUT2D eigenvalue weighted by Crippen LogP contribution is -2.35. The molecule has 1 heterocycles. The lowest BCUT2D eigenvalue weighted by Gasteiger charge is -2.26. The molecule has 6 heteroatoms. The summed E-state index contributed by atoms with van der Waals surface area (Å²) in [6, 6.07) is 15.1. The topological polar surface area (TPSA) is 67.9 Å². The van der Waals surface area contributed by atoms with E-state index in [0.29, 0.717) is 17.2 Å². The Morgan fingerprint density at radius 1 is 1.07 bits per heavy atom. The third-order valence-electron chi connectivity index (χ3n) is 5.41. The average Bonchev–Trinajstić information content (AvgIpc) is 2.78. The van der Waals surface area contributed by atoms with Crippen molar-refractivity contribution in [2.24, 2.45) is 0 Å². The number of carbonyl (C=O) groups is 2. The SMILES string of the molecule is CC[C@H](C)c1ccc(NC(=O)COC(=O)c2ccc(CN3CCOCC3)cc2)cc1. The van der Waals surface area contributed by atoms with Gasteiger partial charge < -0.3 is 14.8 Å². The second-order valence-corrected chi connectivity index (χ2v) is 7.64. The molecular formula is C24H30N2O4. The van der Waals surface area contributed by atoms with Gasteiger partial charge in [-0.05, 0) is 47.7 Å². The summed E-state index contributed by atoms with van der Waals surface area (Å²) in [6.45, 7) is 8.18. The molecule has 1 atom stereocenters. The summed E-state index contributed by atoms with van der Waals surface area (Å²) >= 11 is 0. The van der Waals surface area contributed by atoms with Crippen LogP contribution in [-0.4, -0.2) is 49.7 Å². The highest BCUT2D eigenvalue weighted by molar-refractivity contribution is 5.95. The molecule has 1 aliphatic heterocycles. The van der Waals surface area contributed by atoms with Gasteiger partial charge in [0, 0.05) is 25.3 Å². The summed E-state index contributed by atoms with van der Waals surface area (Å²) in [4.78, 5) is 26.6. The van der Waals surface area contributed by atoms with E-state index in [0.717, 1.165) is 44.8 Å². The highest BCUT2D eigenvalue weighted by Gasteiger charge is 2.13. The van der Waals surface area contributed by atoms with Gasteiger partial charge in [0.25, 0.3) is 5.91 Å². The minimum Gasteiger partial charge on any atom is -0.452 e. The zero-order valence-corrected chi connectivity index (χ0v) is 17.7. The Kier molecular flexibility index (Phi) is 7.99. The average molecular weight is 411 g/mol. The third kappa shape index (κ3) is 6.40. The first-order valence-electron chi connectivity index (χ1n) is 10.5. The molecule has 0 radical (unpaired) electrons. The van der Waals surface area contributed by atoms with E-state index in [2.05, 4.69) is 24.1 Å². The normalized spacial score (nSPS) is 15.4. The first-order chi connectivity index (χ1) is 14.5. The van der Waals surface area contributed by atoms with Crippen LogP contribution in [0.25, 0.3) is 0 Å². The van der Waals surface area contributed by atoms with E-state index < -0.39 is 5.97 Å². The highest BCUT2D eigenvalue weighted by atomic mass is 16.5. The highest BCUT2D eigenvalue weighted by Crippen LogP contribution is 2.20. The Hall–Kier alpha value is -2.70. The van der Waals surface area contributed by atoms with E-state index in [1.165, 1.54) is 5.56 Å². The molecule has 0 unspecified atom stereocenters. The summed E-state index contributed by atoms with van der Waals surface area (Å²) in [5.74, 6) is -0.380. The van der Waals surface area contributed by atoms with Crippen LogP contribution in [0.5, 0.6) is 0 Å². The maximum absolute atomic E-state index is 12.2. The van der Waals surface area contributed by atoms with Gasteiger partial charge in [-0.25, -0.2) is 4.79 Å². The van der Waals surface area contributed by atoms with Crippen molar-refractivity contribution >= 4 is 17.6 Å². The molecule has 2 aromatic rings. The molecule has 0 aromatic heterocycles. The molecule has 1 aliphatic rings. The smallest absolute Gasteiger partial charge is 0.338 e. The molecule has 0 aliphatic carbocycles. The van der Waals surface area contributed by atoms with Crippen LogP contribution < -0.4 is 5.32 Å². The fourth-order valence-corrected chi connectivity index (χ4v) is 3.31. The van der Waals surface area contributed by atoms with E-state index in [1.807, 2.05) is 36.4 Å². The molecule has 1 fully saturated rings. The number of esters is 1. The molecule has 30 heavy (non-hydrogen) atoms. The number of amides is 1. The number of rotatable bonds is 8. The van der Waals surface area contributed by atoms with Crippen molar-refractivity contribution < 1.29 is 19.1 Å². The minimum atomic E-state index is -0.504. The molecule has 1 saturated heterocycles. The van der Waals surface area contributed by atoms with Crippen LogP contribution in [-0.2, 0) is 20.8 Å². The molecule has 160 valence electrons. The standard InChI is InChI=1S/C24H30N2O4/c1-3-18(2)20-8-10-22(11-9-20)25-23(27)17-30-24(28)21-6-4-19(5-7-21)16-26-12-14-29-15-13-26/h4-11,18H,3,12-17H2,1-2H3,(H,25,27)/t18-/m0/s1. The molecule has 0 saturated carbocycles. The van der Waals surface area contributed by atoms with Gasteiger partial charge in [0.2, 0.25) is 0 Å². The lowest BCUT2D eigenvalue weighted by molar-refractivity contribution is -0.119. The van der Waals surface area contributed by atoms with Crippen LogP contribution in [0.2, 0.25) is 0 Å². The van der Waals surface area contributed by atoms with Crippen LogP contribution >= 0.6 is 0 Å². The summed E-state index contributed by atoms with van der Waals surface area (Å²) in [7, 11) is 0. The number of morpholine rings is 1. The van der Waals surface area contributed by atoms with Crippen molar-refractivity contribution in [2.75, 3.05) is 38.2 Å². The molecule has 1 N–H and O–H groups in total. The Bertz CT molecular complexity index is 827. The zero-order chi connectivity index (χ0) is 21.3. The Labute approximate surface area is 178 Å². The molecular weight excluding hydrogens is 380 g/mol. The Balaban J connectivity index is 1.44. The summed E-state index contributed by atoms with van der Waals surface area (Å²) in [5.41, 5.74) is 3.49. The number of ether oxygens (including phenoxy) is 2. The fraction of sp³-hybridized carbons (Fsp3) is 0.417. The van der Waals surface area contributed by atoms with Crippen LogP contribution in [0.1, 0.15) is 47.7 Å². The van der Waals surface area contributed by atoms with Crippen molar-refractivity contribution in [2.45, 2.75) is 32.7 Å².